The second-order valence-corrected chi connectivity index (χ2v) is 2.73. The molecule has 0 spiro atoms. The Morgan fingerprint density at radius 2 is 2.33 bits per heavy atom. The summed E-state index contributed by atoms with van der Waals surface area (Å²) >= 11 is 0. The van der Waals surface area contributed by atoms with Crippen LogP contribution in [0.15, 0.2) is 11.8 Å². The Labute approximate surface area is 56.7 Å². The molecule has 0 saturated heterocycles. The Morgan fingerprint density at radius 3 is 2.78 bits per heavy atom. The number of hydrogen-bond donors (Lipinski definition) is 0. The van der Waals surface area contributed by atoms with Gasteiger partial charge in [-0.2, -0.15) is 0 Å². The van der Waals surface area contributed by atoms with E-state index in [4.69, 9.17) is 4.74 Å². The highest BCUT2D eigenvalue weighted by Crippen LogP contribution is 2.19. The Balaban J connectivity index is 2.26. The van der Waals surface area contributed by atoms with Crippen molar-refractivity contribution in [1.29, 1.82) is 0 Å². The van der Waals surface area contributed by atoms with Crippen molar-refractivity contribution in [3.05, 3.63) is 11.8 Å². The predicted octanol–water partition coefficient (Wildman–Crippen LogP) is 2.48. The molecule has 52 valence electrons. The molecule has 0 bridgehead atoms. The van der Waals surface area contributed by atoms with Crippen molar-refractivity contribution in [2.24, 2.45) is 0 Å². The van der Waals surface area contributed by atoms with Gasteiger partial charge in [0.2, 0.25) is 0 Å². The van der Waals surface area contributed by atoms with E-state index in [0.29, 0.717) is 6.10 Å². The molecule has 0 amide bonds. The summed E-state index contributed by atoms with van der Waals surface area (Å²) in [6.45, 7) is 4.14. The summed E-state index contributed by atoms with van der Waals surface area (Å²) in [6.07, 6.45) is 6.19. The minimum absolute atomic E-state index is 0.356. The van der Waals surface area contributed by atoms with E-state index in [1.165, 1.54) is 18.6 Å². The third kappa shape index (κ3) is 2.08. The van der Waals surface area contributed by atoms with Crippen molar-refractivity contribution in [1.82, 2.24) is 0 Å². The van der Waals surface area contributed by atoms with Crippen molar-refractivity contribution in [3.63, 3.8) is 0 Å². The molecule has 0 radical (unpaired) electrons. The Hall–Kier alpha value is -0.460. The van der Waals surface area contributed by atoms with Gasteiger partial charge >= 0.3 is 0 Å². The molecule has 0 N–H and O–H groups in total. The highest BCUT2D eigenvalue weighted by molar-refractivity contribution is 4.99. The molecule has 1 rings (SSSR count). The summed E-state index contributed by atoms with van der Waals surface area (Å²) in [5.41, 5.74) is 0. The zero-order valence-corrected chi connectivity index (χ0v) is 6.18. The molecule has 0 fully saturated rings. The van der Waals surface area contributed by atoms with Crippen molar-refractivity contribution in [2.75, 3.05) is 0 Å². The van der Waals surface area contributed by atoms with Crippen LogP contribution in [0.4, 0.5) is 0 Å². The molecule has 0 aliphatic heterocycles. The summed E-state index contributed by atoms with van der Waals surface area (Å²) in [5.74, 6) is 1.20. The van der Waals surface area contributed by atoms with Crippen molar-refractivity contribution >= 4 is 0 Å². The third-order valence-corrected chi connectivity index (χ3v) is 1.39. The molecule has 0 aromatic heterocycles. The maximum atomic E-state index is 5.47. The summed E-state index contributed by atoms with van der Waals surface area (Å²) in [4.78, 5) is 0. The lowest BCUT2D eigenvalue weighted by atomic mass is 10.3. The van der Waals surface area contributed by atoms with E-state index in [1.54, 1.807) is 0 Å². The van der Waals surface area contributed by atoms with Gasteiger partial charge in [-0.05, 0) is 32.8 Å². The van der Waals surface area contributed by atoms with Gasteiger partial charge in [-0.3, -0.25) is 0 Å². The second kappa shape index (κ2) is 2.90. The van der Waals surface area contributed by atoms with Gasteiger partial charge in [-0.15, -0.1) is 0 Å². The van der Waals surface area contributed by atoms with Gasteiger partial charge in [-0.1, -0.05) is 0 Å². The Morgan fingerprint density at radius 1 is 1.56 bits per heavy atom. The van der Waals surface area contributed by atoms with E-state index in [2.05, 4.69) is 19.9 Å². The number of hydrogen-bond acceptors (Lipinski definition) is 1. The monoisotopic (exact) mass is 126 g/mol. The number of rotatable bonds is 2. The van der Waals surface area contributed by atoms with E-state index in [1.807, 2.05) is 0 Å². The molecule has 0 heterocycles. The number of allylic oxidation sites excluding steroid dienone is 2. The van der Waals surface area contributed by atoms with Crippen LogP contribution in [0.25, 0.3) is 0 Å². The van der Waals surface area contributed by atoms with Crippen molar-refractivity contribution in [3.8, 4) is 0 Å². The van der Waals surface area contributed by atoms with Crippen LogP contribution in [-0.4, -0.2) is 6.10 Å². The van der Waals surface area contributed by atoms with Gasteiger partial charge in [-0.25, -0.2) is 0 Å². The highest BCUT2D eigenvalue weighted by Gasteiger charge is 2.05. The maximum absolute atomic E-state index is 5.47. The van der Waals surface area contributed by atoms with E-state index in [9.17, 15) is 0 Å². The molecule has 0 saturated carbocycles. The van der Waals surface area contributed by atoms with Crippen LogP contribution >= 0.6 is 0 Å². The largest absolute Gasteiger partial charge is 0.496 e. The van der Waals surface area contributed by atoms with E-state index in [-0.39, 0.29) is 0 Å². The minimum atomic E-state index is 0.356. The third-order valence-electron chi connectivity index (χ3n) is 1.39. The van der Waals surface area contributed by atoms with Gasteiger partial charge in [0.05, 0.1) is 11.9 Å². The van der Waals surface area contributed by atoms with Gasteiger partial charge in [0.1, 0.15) is 0 Å². The van der Waals surface area contributed by atoms with E-state index < -0.39 is 0 Å². The first-order valence-electron chi connectivity index (χ1n) is 3.65. The van der Waals surface area contributed by atoms with Crippen LogP contribution < -0.4 is 0 Å². The zero-order valence-electron chi connectivity index (χ0n) is 6.18. The molecule has 1 aliphatic rings. The SMILES string of the molecule is CC(C)OC1=CCCC1. The fourth-order valence-electron chi connectivity index (χ4n) is 1.05. The number of ether oxygens (including phenoxy) is 1. The average molecular weight is 126 g/mol. The summed E-state index contributed by atoms with van der Waals surface area (Å²) < 4.78 is 5.47. The van der Waals surface area contributed by atoms with Crippen molar-refractivity contribution in [2.45, 2.75) is 39.2 Å². The maximum Gasteiger partial charge on any atom is 0.0926 e. The van der Waals surface area contributed by atoms with Crippen LogP contribution in [0.1, 0.15) is 33.1 Å². The van der Waals surface area contributed by atoms with E-state index in [0.717, 1.165) is 6.42 Å². The van der Waals surface area contributed by atoms with Gasteiger partial charge in [0.25, 0.3) is 0 Å². The molecular weight excluding hydrogens is 112 g/mol. The first-order valence-corrected chi connectivity index (χ1v) is 3.65. The molecular formula is C8H14O. The average Bonchev–Trinajstić information content (AvgIpc) is 2.15. The van der Waals surface area contributed by atoms with Crippen LogP contribution in [0.5, 0.6) is 0 Å². The lowest BCUT2D eigenvalue weighted by Gasteiger charge is -2.09. The lowest BCUT2D eigenvalue weighted by Crippen LogP contribution is -1.99. The van der Waals surface area contributed by atoms with Crippen molar-refractivity contribution < 1.29 is 4.74 Å². The molecule has 1 aliphatic carbocycles. The standard InChI is InChI=1S/C8H14O/c1-7(2)9-8-5-3-4-6-8/h5,7H,3-4,6H2,1-2H3. The first-order chi connectivity index (χ1) is 4.29. The topological polar surface area (TPSA) is 9.23 Å². The Kier molecular flexibility index (Phi) is 2.15. The predicted molar refractivity (Wildman–Crippen MR) is 38.2 cm³/mol. The Bertz CT molecular complexity index is 114. The van der Waals surface area contributed by atoms with Crippen LogP contribution in [0, 0.1) is 0 Å². The van der Waals surface area contributed by atoms with Gasteiger partial charge in [0.15, 0.2) is 0 Å². The molecule has 1 nitrogen and oxygen atoms in total. The van der Waals surface area contributed by atoms with Gasteiger partial charge in [0, 0.05) is 6.42 Å². The second-order valence-electron chi connectivity index (χ2n) is 2.73. The van der Waals surface area contributed by atoms with E-state index >= 15 is 0 Å². The summed E-state index contributed by atoms with van der Waals surface area (Å²) in [5, 5.41) is 0. The molecule has 0 aromatic carbocycles. The fraction of sp³-hybridized carbons (Fsp3) is 0.750. The van der Waals surface area contributed by atoms with Crippen LogP contribution in [-0.2, 0) is 4.74 Å². The molecule has 0 unspecified atom stereocenters. The molecule has 9 heavy (non-hydrogen) atoms. The van der Waals surface area contributed by atoms with Gasteiger partial charge < -0.3 is 4.74 Å². The smallest absolute Gasteiger partial charge is 0.0926 e. The minimum Gasteiger partial charge on any atom is -0.496 e. The quantitative estimate of drug-likeness (QED) is 0.552. The molecule has 0 aromatic rings. The highest BCUT2D eigenvalue weighted by atomic mass is 16.5. The van der Waals surface area contributed by atoms with Crippen LogP contribution in [0.3, 0.4) is 0 Å². The molecule has 1 heteroatoms. The zero-order chi connectivity index (χ0) is 6.69. The van der Waals surface area contributed by atoms with Crippen LogP contribution in [0.2, 0.25) is 0 Å². The summed E-state index contributed by atoms with van der Waals surface area (Å²) in [6, 6.07) is 0. The molecule has 0 atom stereocenters. The lowest BCUT2D eigenvalue weighted by molar-refractivity contribution is 0.143. The fourth-order valence-corrected chi connectivity index (χ4v) is 1.05. The summed E-state index contributed by atoms with van der Waals surface area (Å²) in [7, 11) is 0. The first kappa shape index (κ1) is 6.66. The normalized spacial score (nSPS) is 18.3.